The van der Waals surface area contributed by atoms with Crippen LogP contribution in [-0.2, 0) is 17.4 Å². The topological polar surface area (TPSA) is 59.8 Å². The molecule has 0 atom stereocenters. The van der Waals surface area contributed by atoms with Crippen LogP contribution in [0.15, 0.2) is 30.5 Å². The van der Waals surface area contributed by atoms with Gasteiger partial charge in [0, 0.05) is 17.5 Å². The quantitative estimate of drug-likeness (QED) is 0.492. The molecule has 1 N–H and O–H groups in total. The second kappa shape index (κ2) is 7.81. The third kappa shape index (κ3) is 4.14. The average Bonchev–Trinajstić information content (AvgIpc) is 2.96. The first-order chi connectivity index (χ1) is 14.0. The van der Waals surface area contributed by atoms with Crippen LogP contribution in [0.3, 0.4) is 0 Å². The van der Waals surface area contributed by atoms with Crippen LogP contribution in [0.5, 0.6) is 0 Å². The summed E-state index contributed by atoms with van der Waals surface area (Å²) in [7, 11) is 0. The van der Waals surface area contributed by atoms with Gasteiger partial charge in [-0.3, -0.25) is 4.79 Å². The van der Waals surface area contributed by atoms with E-state index >= 15 is 0 Å². The molecule has 3 aromatic rings. The van der Waals surface area contributed by atoms with Crippen molar-refractivity contribution < 1.29 is 31.1 Å². The standard InChI is InChI=1S/C19H14F6N4O/c1-9-12(7-16(30)27-14-5-4-13(20)17(21)18(14)22)10(2)29(28-9)15-6-3-11(8-26-15)19(23,24)25/h3-6,8H,7H2,1-2H3,(H,27,30). The van der Waals surface area contributed by atoms with E-state index in [4.69, 9.17) is 0 Å². The molecule has 0 fully saturated rings. The van der Waals surface area contributed by atoms with E-state index in [1.165, 1.54) is 4.68 Å². The lowest BCUT2D eigenvalue weighted by Crippen LogP contribution is -2.17. The second-order valence-corrected chi connectivity index (χ2v) is 6.41. The Labute approximate surface area is 166 Å². The van der Waals surface area contributed by atoms with Crippen molar-refractivity contribution in [3.05, 3.63) is 70.4 Å². The molecule has 0 saturated carbocycles. The molecule has 2 heterocycles. The first-order valence-corrected chi connectivity index (χ1v) is 8.51. The third-order valence-electron chi connectivity index (χ3n) is 4.38. The maximum absolute atomic E-state index is 13.7. The molecule has 0 bridgehead atoms. The summed E-state index contributed by atoms with van der Waals surface area (Å²) in [5.41, 5.74) is -0.181. The number of hydrogen-bond acceptors (Lipinski definition) is 3. The summed E-state index contributed by atoms with van der Waals surface area (Å²) >= 11 is 0. The third-order valence-corrected chi connectivity index (χ3v) is 4.38. The van der Waals surface area contributed by atoms with E-state index in [2.05, 4.69) is 15.4 Å². The van der Waals surface area contributed by atoms with Gasteiger partial charge in [-0.05, 0) is 38.1 Å². The molecule has 0 radical (unpaired) electrons. The summed E-state index contributed by atoms with van der Waals surface area (Å²) in [5.74, 6) is -5.22. The summed E-state index contributed by atoms with van der Waals surface area (Å²) in [5, 5.41) is 6.34. The molecule has 0 aliphatic rings. The minimum atomic E-state index is -4.53. The lowest BCUT2D eigenvalue weighted by molar-refractivity contribution is -0.137. The number of aryl methyl sites for hydroxylation is 1. The molecule has 1 amide bonds. The number of nitrogens with one attached hydrogen (secondary N) is 1. The fourth-order valence-corrected chi connectivity index (χ4v) is 2.81. The number of rotatable bonds is 4. The number of pyridine rings is 1. The number of carbonyl (C=O) groups is 1. The van der Waals surface area contributed by atoms with Gasteiger partial charge in [0.05, 0.1) is 23.4 Å². The zero-order valence-electron chi connectivity index (χ0n) is 15.6. The zero-order valence-corrected chi connectivity index (χ0v) is 15.6. The van der Waals surface area contributed by atoms with E-state index in [1.807, 2.05) is 0 Å². The van der Waals surface area contributed by atoms with E-state index in [9.17, 15) is 31.1 Å². The number of hydrogen-bond donors (Lipinski definition) is 1. The molecule has 30 heavy (non-hydrogen) atoms. The highest BCUT2D eigenvalue weighted by Crippen LogP contribution is 2.29. The lowest BCUT2D eigenvalue weighted by atomic mass is 10.1. The Bertz CT molecular complexity index is 1110. The summed E-state index contributed by atoms with van der Waals surface area (Å²) in [6.07, 6.45) is -4.14. The number of alkyl halides is 3. The Balaban J connectivity index is 1.82. The normalized spacial score (nSPS) is 11.6. The van der Waals surface area contributed by atoms with Crippen molar-refractivity contribution in [1.82, 2.24) is 14.8 Å². The Morgan fingerprint density at radius 2 is 1.77 bits per heavy atom. The molecule has 0 unspecified atom stereocenters. The van der Waals surface area contributed by atoms with Crippen LogP contribution in [0.4, 0.5) is 32.0 Å². The van der Waals surface area contributed by atoms with Gasteiger partial charge in [0.15, 0.2) is 23.3 Å². The summed E-state index contributed by atoms with van der Waals surface area (Å²) < 4.78 is 79.4. The maximum Gasteiger partial charge on any atom is 0.417 e. The molecule has 0 aliphatic heterocycles. The minimum Gasteiger partial charge on any atom is -0.323 e. The highest BCUT2D eigenvalue weighted by Gasteiger charge is 2.31. The molecular formula is C19H14F6N4O. The van der Waals surface area contributed by atoms with Gasteiger partial charge in [0.1, 0.15) is 0 Å². The first-order valence-electron chi connectivity index (χ1n) is 8.51. The molecule has 1 aromatic carbocycles. The van der Waals surface area contributed by atoms with Gasteiger partial charge in [0.25, 0.3) is 0 Å². The van der Waals surface area contributed by atoms with E-state index in [-0.39, 0.29) is 12.2 Å². The van der Waals surface area contributed by atoms with Gasteiger partial charge in [-0.2, -0.15) is 18.3 Å². The van der Waals surface area contributed by atoms with Gasteiger partial charge in [-0.1, -0.05) is 0 Å². The van der Waals surface area contributed by atoms with Crippen molar-refractivity contribution in [2.75, 3.05) is 5.32 Å². The van der Waals surface area contributed by atoms with Crippen molar-refractivity contribution in [3.8, 4) is 5.82 Å². The van der Waals surface area contributed by atoms with Crippen molar-refractivity contribution in [3.63, 3.8) is 0 Å². The van der Waals surface area contributed by atoms with Crippen LogP contribution in [0.1, 0.15) is 22.5 Å². The fourth-order valence-electron chi connectivity index (χ4n) is 2.81. The Hall–Kier alpha value is -3.37. The van der Waals surface area contributed by atoms with Gasteiger partial charge in [0.2, 0.25) is 5.91 Å². The van der Waals surface area contributed by atoms with Crippen molar-refractivity contribution >= 4 is 11.6 Å². The summed E-state index contributed by atoms with van der Waals surface area (Å²) in [4.78, 5) is 16.0. The highest BCUT2D eigenvalue weighted by molar-refractivity contribution is 5.92. The lowest BCUT2D eigenvalue weighted by Gasteiger charge is -2.09. The Morgan fingerprint density at radius 1 is 1.07 bits per heavy atom. The van der Waals surface area contributed by atoms with Crippen LogP contribution in [0.2, 0.25) is 0 Å². The van der Waals surface area contributed by atoms with E-state index in [0.717, 1.165) is 18.2 Å². The maximum atomic E-state index is 13.7. The SMILES string of the molecule is Cc1nn(-c2ccc(C(F)(F)F)cn2)c(C)c1CC(=O)Nc1ccc(F)c(F)c1F. The fraction of sp³-hybridized carbons (Fsp3) is 0.211. The monoisotopic (exact) mass is 428 g/mol. The molecule has 0 aliphatic carbocycles. The zero-order chi connectivity index (χ0) is 22.2. The minimum absolute atomic E-state index is 0.113. The number of amides is 1. The molecular weight excluding hydrogens is 414 g/mol. The predicted octanol–water partition coefficient (Wildman–Crippen LogP) is 4.50. The molecule has 11 heteroatoms. The molecule has 0 spiro atoms. The second-order valence-electron chi connectivity index (χ2n) is 6.41. The number of benzene rings is 1. The number of halogens is 6. The summed E-state index contributed by atoms with van der Waals surface area (Å²) in [6, 6.07) is 3.57. The number of nitrogens with zero attached hydrogens (tertiary/aromatic N) is 3. The molecule has 5 nitrogen and oxygen atoms in total. The van der Waals surface area contributed by atoms with Crippen LogP contribution in [-0.4, -0.2) is 20.7 Å². The smallest absolute Gasteiger partial charge is 0.323 e. The largest absolute Gasteiger partial charge is 0.417 e. The Kier molecular flexibility index (Phi) is 5.55. The predicted molar refractivity (Wildman–Crippen MR) is 94.5 cm³/mol. The molecule has 3 rings (SSSR count). The van der Waals surface area contributed by atoms with E-state index in [0.29, 0.717) is 29.2 Å². The molecule has 158 valence electrons. The van der Waals surface area contributed by atoms with Gasteiger partial charge in [-0.15, -0.1) is 0 Å². The number of carbonyl (C=O) groups excluding carboxylic acids is 1. The van der Waals surface area contributed by atoms with Gasteiger partial charge >= 0.3 is 6.18 Å². The Morgan fingerprint density at radius 3 is 2.37 bits per heavy atom. The average molecular weight is 428 g/mol. The van der Waals surface area contributed by atoms with Crippen LogP contribution in [0, 0.1) is 31.3 Å². The number of anilines is 1. The highest BCUT2D eigenvalue weighted by atomic mass is 19.4. The first kappa shape index (κ1) is 21.3. The van der Waals surface area contributed by atoms with Crippen molar-refractivity contribution in [1.29, 1.82) is 0 Å². The number of aromatic nitrogens is 3. The van der Waals surface area contributed by atoms with Crippen LogP contribution < -0.4 is 5.32 Å². The van der Waals surface area contributed by atoms with Gasteiger partial charge in [-0.25, -0.2) is 22.8 Å². The van der Waals surface area contributed by atoms with Crippen LogP contribution >= 0.6 is 0 Å². The molecule has 2 aromatic heterocycles. The van der Waals surface area contributed by atoms with Crippen molar-refractivity contribution in [2.45, 2.75) is 26.4 Å². The summed E-state index contributed by atoms with van der Waals surface area (Å²) in [6.45, 7) is 3.16. The van der Waals surface area contributed by atoms with Gasteiger partial charge < -0.3 is 5.32 Å². The van der Waals surface area contributed by atoms with Crippen LogP contribution in [0.25, 0.3) is 5.82 Å². The van der Waals surface area contributed by atoms with E-state index in [1.54, 1.807) is 13.8 Å². The van der Waals surface area contributed by atoms with Crippen molar-refractivity contribution in [2.24, 2.45) is 0 Å². The molecule has 0 saturated heterocycles. The van der Waals surface area contributed by atoms with E-state index < -0.39 is 40.8 Å².